The summed E-state index contributed by atoms with van der Waals surface area (Å²) >= 11 is 0. The van der Waals surface area contributed by atoms with E-state index in [1.807, 2.05) is 56.9 Å². The number of anilines is 2. The van der Waals surface area contributed by atoms with Crippen molar-refractivity contribution in [1.82, 2.24) is 40.4 Å². The minimum absolute atomic E-state index is 0.0154. The zero-order chi connectivity index (χ0) is 52.0. The average Bonchev–Trinajstić information content (AvgIpc) is 4.22. The van der Waals surface area contributed by atoms with E-state index in [1.54, 1.807) is 9.80 Å². The number of aromatic amines is 2. The predicted molar refractivity (Wildman–Crippen MR) is 276 cm³/mol. The molecule has 18 heteroatoms. The third-order valence-electron chi connectivity index (χ3n) is 16.0. The predicted octanol–water partition coefficient (Wildman–Crippen LogP) is 10.2. The van der Waals surface area contributed by atoms with Gasteiger partial charge in [0.25, 0.3) is 0 Å². The van der Waals surface area contributed by atoms with Crippen molar-refractivity contribution >= 4 is 57.4 Å². The van der Waals surface area contributed by atoms with Gasteiger partial charge < -0.3 is 49.7 Å². The van der Waals surface area contributed by atoms with Gasteiger partial charge in [0.2, 0.25) is 11.8 Å². The molecule has 16 nitrogen and oxygen atoms in total. The molecular weight excluding hydrogens is 935 g/mol. The number of alkyl carbamates (subject to hydrolysis) is 2. The molecule has 4 saturated heterocycles. The smallest absolute Gasteiger partial charge is 0.407 e. The average molecular weight is 1010 g/mol. The summed E-state index contributed by atoms with van der Waals surface area (Å²) in [4.78, 5) is 77.0. The number of amides is 4. The third-order valence-corrected chi connectivity index (χ3v) is 16.0. The molecule has 392 valence electrons. The maximum absolute atomic E-state index is 16.7. The molecule has 6 heterocycles. The summed E-state index contributed by atoms with van der Waals surface area (Å²) in [5.74, 6) is -0.144. The monoisotopic (exact) mass is 1010 g/mol. The molecule has 3 aromatic carbocycles. The van der Waals surface area contributed by atoms with Crippen LogP contribution < -0.4 is 20.4 Å². The number of carbonyl (C=O) groups is 4. The summed E-state index contributed by atoms with van der Waals surface area (Å²) < 4.78 is 43.1. The number of hydrogen-bond acceptors (Lipinski definition) is 10. The van der Waals surface area contributed by atoms with E-state index in [-0.39, 0.29) is 58.9 Å². The van der Waals surface area contributed by atoms with Crippen LogP contribution in [0, 0.1) is 34.8 Å². The summed E-state index contributed by atoms with van der Waals surface area (Å²) in [6, 6.07) is 12.4. The van der Waals surface area contributed by atoms with Gasteiger partial charge in [-0.3, -0.25) is 9.59 Å². The van der Waals surface area contributed by atoms with Gasteiger partial charge in [0.05, 0.1) is 60.5 Å². The van der Waals surface area contributed by atoms with Gasteiger partial charge in [-0.2, -0.15) is 0 Å². The van der Waals surface area contributed by atoms with Gasteiger partial charge in [-0.1, -0.05) is 60.6 Å². The fraction of sp³-hybridized carbons (Fsp3) is 0.564. The maximum Gasteiger partial charge on any atom is 0.407 e. The Labute approximate surface area is 426 Å². The molecule has 0 saturated carbocycles. The first-order chi connectivity index (χ1) is 34.8. The van der Waals surface area contributed by atoms with Crippen molar-refractivity contribution in [3.8, 4) is 0 Å². The van der Waals surface area contributed by atoms with Crippen molar-refractivity contribution < 1.29 is 37.4 Å². The van der Waals surface area contributed by atoms with Gasteiger partial charge in [-0.15, -0.1) is 0 Å². The Morgan fingerprint density at radius 3 is 1.47 bits per heavy atom. The number of nitrogens with zero attached hydrogens (tertiary/aromatic N) is 6. The van der Waals surface area contributed by atoms with Gasteiger partial charge in [-0.05, 0) is 122 Å². The summed E-state index contributed by atoms with van der Waals surface area (Å²) in [6.07, 6.45) is 4.71. The number of benzene rings is 3. The number of halogens is 2. The Bertz CT molecular complexity index is 2680. The Balaban J connectivity index is 1.04. The van der Waals surface area contributed by atoms with Crippen LogP contribution in [0.2, 0.25) is 0 Å². The van der Waals surface area contributed by atoms with E-state index in [9.17, 15) is 19.2 Å². The summed E-state index contributed by atoms with van der Waals surface area (Å²) in [5.41, 5.74) is 5.47. The van der Waals surface area contributed by atoms with Gasteiger partial charge in [-0.25, -0.2) is 28.3 Å². The lowest BCUT2D eigenvalue weighted by Crippen LogP contribution is -2.51. The summed E-state index contributed by atoms with van der Waals surface area (Å²) in [5, 5.41) is 5.43. The summed E-state index contributed by atoms with van der Waals surface area (Å²) in [6.45, 7) is 16.4. The molecule has 4 N–H and O–H groups in total. The molecule has 0 aliphatic carbocycles. The molecule has 2 aromatic heterocycles. The second kappa shape index (κ2) is 20.8. The van der Waals surface area contributed by atoms with Crippen LogP contribution in [0.15, 0.2) is 48.5 Å². The van der Waals surface area contributed by atoms with Crippen LogP contribution in [0.3, 0.4) is 0 Å². The Kier molecular flexibility index (Phi) is 14.7. The zero-order valence-electron chi connectivity index (χ0n) is 43.7. The van der Waals surface area contributed by atoms with Gasteiger partial charge in [0.1, 0.15) is 29.4 Å². The van der Waals surface area contributed by atoms with Gasteiger partial charge >= 0.3 is 12.2 Å². The number of ether oxygens (including phenoxy) is 2. The number of carbonyl (C=O) groups excluding carboxylic acids is 4. The lowest BCUT2D eigenvalue weighted by molar-refractivity contribution is -0.136. The molecule has 0 spiro atoms. The first-order valence-corrected chi connectivity index (χ1v) is 26.2. The first-order valence-electron chi connectivity index (χ1n) is 26.2. The molecule has 0 unspecified atom stereocenters. The van der Waals surface area contributed by atoms with Crippen molar-refractivity contribution in [3.05, 3.63) is 82.9 Å². The Morgan fingerprint density at radius 1 is 0.630 bits per heavy atom. The van der Waals surface area contributed by atoms with Crippen molar-refractivity contribution in [2.24, 2.45) is 23.2 Å². The van der Waals surface area contributed by atoms with Crippen LogP contribution in [0.25, 0.3) is 22.1 Å². The number of rotatable bonds is 12. The van der Waals surface area contributed by atoms with Crippen LogP contribution >= 0.6 is 0 Å². The number of methoxy groups -OCH3 is 2. The number of likely N-dealkylation sites (tertiary alicyclic amines) is 2. The van der Waals surface area contributed by atoms with Crippen molar-refractivity contribution in [2.75, 3.05) is 50.2 Å². The molecule has 4 aliphatic rings. The molecular formula is C55H72F2N10O6. The zero-order valence-corrected chi connectivity index (χ0v) is 43.7. The van der Waals surface area contributed by atoms with E-state index >= 15 is 8.78 Å². The highest BCUT2D eigenvalue weighted by molar-refractivity contribution is 5.88. The van der Waals surface area contributed by atoms with Crippen molar-refractivity contribution in [1.29, 1.82) is 0 Å². The van der Waals surface area contributed by atoms with E-state index < -0.39 is 35.9 Å². The SMILES string of the molecule is COC(=O)N[C@H](C(=O)N1CCC[C@H]1c1nc2ccc([C@H]3CC[C@H](c4ccc5nc([C@@H]6CCCN6C(=O)[C@@H](NC(=O)OC)C(C)C)[nH]c5c4)N3c3cc(F)c(N4CCC(C(C)(C)C)CC4)c(F)c3)cc2[nH]1)C(C)C. The standard InChI is InChI=1S/C55H72F2N10O6/c1-30(2)46(62-53(70)72-8)51(68)65-22-10-12-44(65)49-58-38-16-14-32(26-40(38)60-49)42-18-19-43(67(42)35-28-36(56)48(37(57)29-35)64-24-20-34(21-25-64)55(5,6)7)33-15-17-39-41(27-33)61-50(59-39)45-13-11-23-66(45)52(69)47(31(3)4)63-54(71)73-9/h14-17,26-31,34,42-47H,10-13,18-25H2,1-9H3,(H,58,60)(H,59,61)(H,62,70)(H,63,71)/t42-,43-,44+,45+,46+,47+/m1/s1. The van der Waals surface area contributed by atoms with E-state index in [0.29, 0.717) is 75.1 Å². The molecule has 0 bridgehead atoms. The molecule has 4 fully saturated rings. The number of nitrogens with one attached hydrogen (secondary N) is 4. The topological polar surface area (TPSA) is 181 Å². The Morgan fingerprint density at radius 2 is 1.07 bits per heavy atom. The quantitative estimate of drug-likeness (QED) is 0.0939. The van der Waals surface area contributed by atoms with Crippen LogP contribution in [0.1, 0.15) is 147 Å². The number of imidazole rings is 2. The van der Waals surface area contributed by atoms with Gasteiger partial charge in [0.15, 0.2) is 11.6 Å². The largest absolute Gasteiger partial charge is 0.453 e. The van der Waals surface area contributed by atoms with Crippen LogP contribution in [-0.4, -0.2) is 106 Å². The normalized spacial score (nSPS) is 21.7. The Hall–Kier alpha value is -6.46. The fourth-order valence-electron chi connectivity index (χ4n) is 12.0. The number of aromatic nitrogens is 4. The maximum atomic E-state index is 16.7. The van der Waals surface area contributed by atoms with Gasteiger partial charge in [0, 0.05) is 31.9 Å². The molecule has 0 radical (unpaired) electrons. The van der Waals surface area contributed by atoms with Crippen molar-refractivity contribution in [2.45, 2.75) is 136 Å². The minimum atomic E-state index is -0.764. The molecule has 4 aliphatic heterocycles. The number of fused-ring (bicyclic) bond motifs is 2. The number of H-pyrrole nitrogens is 2. The summed E-state index contributed by atoms with van der Waals surface area (Å²) in [7, 11) is 2.55. The van der Waals surface area contributed by atoms with Crippen LogP contribution in [-0.2, 0) is 19.1 Å². The second-order valence-corrected chi connectivity index (χ2v) is 22.3. The van der Waals surface area contributed by atoms with E-state index in [1.165, 1.54) is 26.4 Å². The second-order valence-electron chi connectivity index (χ2n) is 22.3. The molecule has 73 heavy (non-hydrogen) atoms. The highest BCUT2D eigenvalue weighted by Gasteiger charge is 2.41. The minimum Gasteiger partial charge on any atom is -0.453 e. The fourth-order valence-corrected chi connectivity index (χ4v) is 12.0. The third kappa shape index (κ3) is 10.3. The van der Waals surface area contributed by atoms with Crippen molar-refractivity contribution in [3.63, 3.8) is 0 Å². The van der Waals surface area contributed by atoms with Crippen LogP contribution in [0.4, 0.5) is 29.7 Å². The highest BCUT2D eigenvalue weighted by Crippen LogP contribution is 2.49. The molecule has 9 rings (SSSR count). The van der Waals surface area contributed by atoms with E-state index in [2.05, 4.69) is 58.4 Å². The van der Waals surface area contributed by atoms with Crippen LogP contribution in [0.5, 0.6) is 0 Å². The molecule has 6 atom stereocenters. The molecule has 5 aromatic rings. The first kappa shape index (κ1) is 51.4. The number of hydrogen-bond donors (Lipinski definition) is 4. The number of piperidine rings is 1. The lowest BCUT2D eigenvalue weighted by atomic mass is 9.75. The van der Waals surface area contributed by atoms with E-state index in [0.717, 1.165) is 58.9 Å². The molecule has 4 amide bonds. The van der Waals surface area contributed by atoms with E-state index in [4.69, 9.17) is 19.4 Å². The lowest BCUT2D eigenvalue weighted by Gasteiger charge is -2.40. The highest BCUT2D eigenvalue weighted by atomic mass is 19.1.